The Morgan fingerprint density at radius 3 is 1.03 bits per heavy atom. The predicted molar refractivity (Wildman–Crippen MR) is 122 cm³/mol. The number of carbonyl (C=O) groups is 2. The molecule has 0 fully saturated rings. The van der Waals surface area contributed by atoms with E-state index in [0.717, 1.165) is 22.1 Å². The predicted octanol–water partition coefficient (Wildman–Crippen LogP) is 1.25. The molecule has 0 aromatic rings. The lowest BCUT2D eigenvalue weighted by atomic mass is 10.0. The number of rotatable bonds is 11. The molecule has 0 aromatic carbocycles. The van der Waals surface area contributed by atoms with E-state index < -0.39 is 11.9 Å². The van der Waals surface area contributed by atoms with Gasteiger partial charge in [-0.15, -0.1) is 0 Å². The Bertz CT molecular complexity index is 566. The SMILES string of the molecule is C=C(C)C(=O)[O-].C=C(C)C(=O)[O-].C=CC[N+](C)(C)C(C=C)C(C=C)[N+](C)(C)CC=C. The van der Waals surface area contributed by atoms with Gasteiger partial charge in [0.1, 0.15) is 0 Å². The topological polar surface area (TPSA) is 80.3 Å². The van der Waals surface area contributed by atoms with Gasteiger partial charge in [-0.05, 0) is 49.3 Å². The van der Waals surface area contributed by atoms with Crippen molar-refractivity contribution in [3.05, 3.63) is 74.9 Å². The highest BCUT2D eigenvalue weighted by Gasteiger charge is 2.40. The minimum atomic E-state index is -1.19. The monoisotopic (exact) mass is 420 g/mol. The zero-order valence-electron chi connectivity index (χ0n) is 19.6. The van der Waals surface area contributed by atoms with Crippen molar-refractivity contribution in [2.75, 3.05) is 41.3 Å². The van der Waals surface area contributed by atoms with Gasteiger partial charge < -0.3 is 28.8 Å². The lowest BCUT2D eigenvalue weighted by molar-refractivity contribution is -0.967. The molecule has 0 rings (SSSR count). The van der Waals surface area contributed by atoms with E-state index in [9.17, 15) is 19.8 Å². The molecule has 30 heavy (non-hydrogen) atoms. The fourth-order valence-electron chi connectivity index (χ4n) is 2.59. The van der Waals surface area contributed by atoms with Gasteiger partial charge in [-0.1, -0.05) is 39.5 Å². The zero-order chi connectivity index (χ0) is 24.7. The van der Waals surface area contributed by atoms with Crippen molar-refractivity contribution in [2.45, 2.75) is 25.9 Å². The number of carboxylic acids is 2. The molecule has 0 aliphatic heterocycles. The summed E-state index contributed by atoms with van der Waals surface area (Å²) < 4.78 is 1.67. The molecule has 0 saturated carbocycles. The first-order valence-corrected chi connectivity index (χ1v) is 9.41. The maximum atomic E-state index is 9.49. The number of carbonyl (C=O) groups excluding carboxylic acids is 2. The van der Waals surface area contributed by atoms with Gasteiger partial charge in [-0.3, -0.25) is 0 Å². The van der Waals surface area contributed by atoms with Crippen LogP contribution in [0.3, 0.4) is 0 Å². The molecule has 0 aliphatic carbocycles. The molecular weight excluding hydrogens is 380 g/mol. The van der Waals surface area contributed by atoms with Crippen LogP contribution in [0.1, 0.15) is 13.8 Å². The van der Waals surface area contributed by atoms with Gasteiger partial charge in [0.15, 0.2) is 12.1 Å². The largest absolute Gasteiger partial charge is 0.545 e. The standard InChI is InChI=1S/C16H30N2.2C4H6O2/c1-9-13-17(5,6)15(11-3)16(12-4)18(7,8)14-10-2;2*1-3(2)4(5)6/h9-12,15-16H,1-4,13-14H2,5-8H3;2*1H2,2H3,(H,5,6)/q+2;;/p-2. The quantitative estimate of drug-likeness (QED) is 0.286. The van der Waals surface area contributed by atoms with Gasteiger partial charge >= 0.3 is 0 Å². The van der Waals surface area contributed by atoms with Crippen LogP contribution in [0.15, 0.2) is 74.9 Å². The summed E-state index contributed by atoms with van der Waals surface area (Å²) in [7, 11) is 8.83. The molecule has 0 heterocycles. The Morgan fingerprint density at radius 1 is 0.733 bits per heavy atom. The Hall–Kier alpha value is -2.70. The minimum Gasteiger partial charge on any atom is -0.545 e. The highest BCUT2D eigenvalue weighted by Crippen LogP contribution is 2.21. The molecule has 2 atom stereocenters. The smallest absolute Gasteiger partial charge is 0.164 e. The second kappa shape index (κ2) is 15.2. The van der Waals surface area contributed by atoms with E-state index in [1.165, 1.54) is 13.8 Å². The molecule has 0 N–H and O–H groups in total. The van der Waals surface area contributed by atoms with Crippen LogP contribution in [0.5, 0.6) is 0 Å². The van der Waals surface area contributed by atoms with Gasteiger partial charge in [0.05, 0.1) is 53.2 Å². The van der Waals surface area contributed by atoms with E-state index in [4.69, 9.17) is 0 Å². The average molecular weight is 421 g/mol. The van der Waals surface area contributed by atoms with Crippen LogP contribution >= 0.6 is 0 Å². The molecule has 0 radical (unpaired) electrons. The van der Waals surface area contributed by atoms with Gasteiger partial charge in [0.2, 0.25) is 0 Å². The summed E-state index contributed by atoms with van der Waals surface area (Å²) >= 11 is 0. The summed E-state index contributed by atoms with van der Waals surface area (Å²) in [5.41, 5.74) is 0.130. The number of hydrogen-bond donors (Lipinski definition) is 0. The first-order valence-electron chi connectivity index (χ1n) is 9.41. The molecule has 6 heteroatoms. The van der Waals surface area contributed by atoms with Gasteiger partial charge in [0.25, 0.3) is 0 Å². The van der Waals surface area contributed by atoms with Crippen LogP contribution in [0, 0.1) is 0 Å². The Balaban J connectivity index is -0.000000495. The molecule has 0 saturated heterocycles. The number of aliphatic carboxylic acids is 2. The van der Waals surface area contributed by atoms with E-state index in [0.29, 0.717) is 12.1 Å². The molecule has 170 valence electrons. The molecule has 0 spiro atoms. The number of quaternary nitrogens is 2. The maximum Gasteiger partial charge on any atom is 0.164 e. The molecule has 6 nitrogen and oxygen atoms in total. The normalized spacial score (nSPS) is 12.3. The maximum absolute atomic E-state index is 9.49. The summed E-state index contributed by atoms with van der Waals surface area (Å²) in [4.78, 5) is 19.0. The van der Waals surface area contributed by atoms with Crippen molar-refractivity contribution < 1.29 is 28.8 Å². The van der Waals surface area contributed by atoms with Crippen LogP contribution in [0.2, 0.25) is 0 Å². The van der Waals surface area contributed by atoms with Crippen molar-refractivity contribution in [2.24, 2.45) is 0 Å². The lowest BCUT2D eigenvalue weighted by Crippen LogP contribution is -2.62. The molecule has 0 bridgehead atoms. The third-order valence-electron chi connectivity index (χ3n) is 4.34. The van der Waals surface area contributed by atoms with E-state index in [1.807, 2.05) is 24.3 Å². The number of hydrogen-bond acceptors (Lipinski definition) is 4. The average Bonchev–Trinajstić information content (AvgIpc) is 2.59. The van der Waals surface area contributed by atoms with E-state index >= 15 is 0 Å². The van der Waals surface area contributed by atoms with E-state index in [1.54, 1.807) is 0 Å². The van der Waals surface area contributed by atoms with Crippen molar-refractivity contribution in [1.82, 2.24) is 0 Å². The highest BCUT2D eigenvalue weighted by atomic mass is 16.4. The van der Waals surface area contributed by atoms with Gasteiger partial charge in [-0.2, -0.15) is 0 Å². The molecule has 0 aliphatic rings. The van der Waals surface area contributed by atoms with Crippen LogP contribution < -0.4 is 10.2 Å². The second-order valence-electron chi connectivity index (χ2n) is 8.09. The molecular formula is C24H40N2O4. The summed E-state index contributed by atoms with van der Waals surface area (Å²) in [6, 6.07) is 0.603. The highest BCUT2D eigenvalue weighted by molar-refractivity contribution is 5.83. The first-order chi connectivity index (χ1) is 13.5. The van der Waals surface area contributed by atoms with Crippen LogP contribution in [-0.4, -0.2) is 74.3 Å². The minimum absolute atomic E-state index is 0.0648. The summed E-state index contributed by atoms with van der Waals surface area (Å²) in [5, 5.41) is 19.0. The van der Waals surface area contributed by atoms with Crippen molar-refractivity contribution in [3.8, 4) is 0 Å². The summed E-state index contributed by atoms with van der Waals surface area (Å²) in [6.45, 7) is 26.5. The fraction of sp³-hybridized carbons (Fsp3) is 0.417. The van der Waals surface area contributed by atoms with Gasteiger partial charge in [0, 0.05) is 0 Å². The number of carboxylic acid groups (broad SMARTS) is 2. The Labute approximate surface area is 183 Å². The summed E-state index contributed by atoms with van der Waals surface area (Å²) in [5.74, 6) is -2.37. The van der Waals surface area contributed by atoms with Crippen molar-refractivity contribution >= 4 is 11.9 Å². The van der Waals surface area contributed by atoms with E-state index in [2.05, 4.69) is 67.7 Å². The lowest BCUT2D eigenvalue weighted by Gasteiger charge is -2.45. The summed E-state index contributed by atoms with van der Waals surface area (Å²) in [6.07, 6.45) is 8.01. The first kappa shape index (κ1) is 32.0. The van der Waals surface area contributed by atoms with Crippen LogP contribution in [-0.2, 0) is 9.59 Å². The number of nitrogens with zero attached hydrogens (tertiary/aromatic N) is 2. The Kier molecular flexibility index (Phi) is 16.2. The molecule has 0 aromatic heterocycles. The van der Waals surface area contributed by atoms with Crippen molar-refractivity contribution in [3.63, 3.8) is 0 Å². The van der Waals surface area contributed by atoms with E-state index in [-0.39, 0.29) is 11.1 Å². The van der Waals surface area contributed by atoms with Crippen LogP contribution in [0.25, 0.3) is 0 Å². The van der Waals surface area contributed by atoms with Crippen molar-refractivity contribution in [1.29, 1.82) is 0 Å². The number of likely N-dealkylation sites (N-methyl/N-ethyl adjacent to an activating group) is 2. The third-order valence-corrected chi connectivity index (χ3v) is 4.34. The third kappa shape index (κ3) is 13.5. The second-order valence-corrected chi connectivity index (χ2v) is 8.09. The molecule has 2 unspecified atom stereocenters. The van der Waals surface area contributed by atoms with Gasteiger partial charge in [-0.25, -0.2) is 0 Å². The fourth-order valence-corrected chi connectivity index (χ4v) is 2.59. The Morgan fingerprint density at radius 2 is 0.933 bits per heavy atom. The zero-order valence-corrected chi connectivity index (χ0v) is 19.6. The molecule has 0 amide bonds. The van der Waals surface area contributed by atoms with Crippen LogP contribution in [0.4, 0.5) is 0 Å².